The summed E-state index contributed by atoms with van der Waals surface area (Å²) in [7, 11) is 6.57. The number of ether oxygens (including phenoxy) is 7. The molecule has 80 heavy (non-hydrogen) atoms. The Labute approximate surface area is 479 Å². The van der Waals surface area contributed by atoms with E-state index < -0.39 is 17.6 Å². The number of aliphatic hydroxyl groups is 1. The second kappa shape index (κ2) is 38.0. The number of nitrogens with zero attached hydrogens (tertiary/aromatic N) is 8. The van der Waals surface area contributed by atoms with E-state index in [0.29, 0.717) is 94.0 Å². The number of methoxy groups -OCH3 is 4. The Kier molecular flexibility index (Phi) is 34.3. The number of Topliss-reactive ketones (excluding diaryl/α,β-unsaturated/α-hetero) is 1. The number of hydrogen-bond donors (Lipinski definition) is 2. The summed E-state index contributed by atoms with van der Waals surface area (Å²) in [4.78, 5) is 31.5. The minimum atomic E-state index is -0.951. The number of cyclic esters (lactones) is 1. The first-order valence-electron chi connectivity index (χ1n) is 28.4. The van der Waals surface area contributed by atoms with Crippen LogP contribution in [0.4, 0.5) is 0 Å². The number of carbonyl (C=O) groups is 2. The van der Waals surface area contributed by atoms with Crippen molar-refractivity contribution in [1.29, 1.82) is 10.5 Å². The number of rotatable bonds is 35. The van der Waals surface area contributed by atoms with Crippen LogP contribution in [0.15, 0.2) is 46.6 Å². The molecule has 1 unspecified atom stereocenters. The van der Waals surface area contributed by atoms with Gasteiger partial charge in [-0.3, -0.25) is 9.59 Å². The van der Waals surface area contributed by atoms with Crippen molar-refractivity contribution in [2.24, 2.45) is 74.1 Å². The molecular weight excluding hydrogens is 1020 g/mol. The van der Waals surface area contributed by atoms with Gasteiger partial charge in [-0.15, -0.1) is 0 Å². The quantitative estimate of drug-likeness (QED) is 0.0214. The third-order valence-corrected chi connectivity index (χ3v) is 14.9. The molecule has 448 valence electrons. The van der Waals surface area contributed by atoms with Gasteiger partial charge in [-0.1, -0.05) is 77.8 Å². The molecule has 19 nitrogen and oxygen atoms in total. The lowest BCUT2D eigenvalue weighted by Gasteiger charge is -2.30. The van der Waals surface area contributed by atoms with Gasteiger partial charge in [0.25, 0.3) is 0 Å². The standard InChI is InChI=1S/C31H50N4O5.C25H39N3O5.C5H10N2/c1-21(2)24(16-23-10-11-29(39-8)30(17-23)40-15-9-14-38-7)18-26(34-35-33)28(37)19-25(22(3)4)27(36)12-13-31(5,6)20-32;1-16(2)19(14-21(27-28-26)23-15-20(17(3)4)25(29)33-23)12-18-8-9-22(31-6)24(13-18)32-11-7-10-30-5;1-5(2,3-6)4-7/h10-11,17,21-22,24-26,28,37H,9,12-16,18-19H2,1-8H3;8-9,13,16-17,19-21,23H,7,10-12,14-15H2,1-6H3;3,6H2,1-2H3/t24-,25?,26-,28-;19-,20-,21-,23-;/m00./s1. The van der Waals surface area contributed by atoms with Crippen molar-refractivity contribution in [3.05, 3.63) is 68.4 Å². The van der Waals surface area contributed by atoms with Crippen LogP contribution in [0.1, 0.15) is 146 Å². The van der Waals surface area contributed by atoms with E-state index in [2.05, 4.69) is 59.9 Å². The number of azide groups is 2. The average molecular weight is 1120 g/mol. The van der Waals surface area contributed by atoms with E-state index in [9.17, 15) is 31.0 Å². The lowest BCUT2D eigenvalue weighted by molar-refractivity contribution is -0.146. The molecule has 1 aliphatic heterocycles. The summed E-state index contributed by atoms with van der Waals surface area (Å²) < 4.78 is 38.6. The third kappa shape index (κ3) is 26.7. The minimum Gasteiger partial charge on any atom is -0.493 e. The maximum absolute atomic E-state index is 13.1. The zero-order valence-electron chi connectivity index (χ0n) is 51.3. The van der Waals surface area contributed by atoms with Crippen LogP contribution in [0.5, 0.6) is 23.0 Å². The summed E-state index contributed by atoms with van der Waals surface area (Å²) in [6.07, 6.45) is 4.46. The fourth-order valence-corrected chi connectivity index (χ4v) is 9.11. The van der Waals surface area contributed by atoms with E-state index in [-0.39, 0.29) is 83.6 Å². The number of hydrogen-bond acceptors (Lipinski definition) is 15. The predicted octanol–water partition coefficient (Wildman–Crippen LogP) is 13.0. The molecule has 0 aliphatic carbocycles. The van der Waals surface area contributed by atoms with Gasteiger partial charge >= 0.3 is 5.97 Å². The van der Waals surface area contributed by atoms with Crippen LogP contribution < -0.4 is 24.7 Å². The van der Waals surface area contributed by atoms with Crippen molar-refractivity contribution < 1.29 is 47.9 Å². The fourth-order valence-electron chi connectivity index (χ4n) is 9.11. The number of aliphatic hydroxyl groups excluding tert-OH is 1. The Morgan fingerprint density at radius 2 is 1.23 bits per heavy atom. The first-order chi connectivity index (χ1) is 37.8. The molecule has 0 amide bonds. The van der Waals surface area contributed by atoms with Crippen molar-refractivity contribution in [2.45, 2.75) is 172 Å². The summed E-state index contributed by atoms with van der Waals surface area (Å²) in [5.41, 5.74) is 24.9. The minimum absolute atomic E-state index is 0.0153. The van der Waals surface area contributed by atoms with Crippen LogP contribution in [-0.4, -0.2) is 103 Å². The van der Waals surface area contributed by atoms with Gasteiger partial charge in [-0.25, -0.2) is 0 Å². The number of nitriles is 2. The summed E-state index contributed by atoms with van der Waals surface area (Å²) in [6.45, 7) is 26.5. The van der Waals surface area contributed by atoms with Crippen molar-refractivity contribution in [2.75, 3.05) is 61.4 Å². The Morgan fingerprint density at radius 1 is 0.738 bits per heavy atom. The SMILES string of the molecule is CC(C)(C#N)CN.COCCCOc1cc(C[C@@H](C[C@H](N=[N+]=[N-])[C@@H](O)CC(C(=O)CCC(C)(C)C#N)C(C)C)C(C)C)ccc1OC.COCCCOc1cc(C[C@@H](C[C@H](N=[N+]=[N-])[C@@H]2C[C@@H](C(C)C)C(=O)O2)C(C)C)ccc1OC. The number of esters is 1. The molecule has 2 aromatic rings. The van der Waals surface area contributed by atoms with Gasteiger partial charge in [-0.2, -0.15) is 10.5 Å². The first kappa shape index (κ1) is 72.2. The Balaban J connectivity index is 0.000000722. The van der Waals surface area contributed by atoms with E-state index in [0.717, 1.165) is 30.4 Å². The highest BCUT2D eigenvalue weighted by molar-refractivity contribution is 5.81. The largest absolute Gasteiger partial charge is 0.493 e. The molecule has 1 heterocycles. The van der Waals surface area contributed by atoms with E-state index in [1.165, 1.54) is 0 Å². The summed E-state index contributed by atoms with van der Waals surface area (Å²) in [6, 6.07) is 15.1. The van der Waals surface area contributed by atoms with Crippen molar-refractivity contribution in [1.82, 2.24) is 0 Å². The van der Waals surface area contributed by atoms with Crippen LogP contribution in [-0.2, 0) is 36.6 Å². The molecule has 1 saturated heterocycles. The second-order valence-electron chi connectivity index (χ2n) is 23.7. The van der Waals surface area contributed by atoms with Gasteiger partial charge in [0.1, 0.15) is 11.9 Å². The van der Waals surface area contributed by atoms with Crippen LogP contribution in [0.3, 0.4) is 0 Å². The van der Waals surface area contributed by atoms with Crippen molar-refractivity contribution in [3.8, 4) is 35.1 Å². The van der Waals surface area contributed by atoms with Crippen LogP contribution in [0, 0.1) is 80.8 Å². The highest BCUT2D eigenvalue weighted by Gasteiger charge is 2.41. The van der Waals surface area contributed by atoms with Gasteiger partial charge in [0.2, 0.25) is 0 Å². The lowest BCUT2D eigenvalue weighted by atomic mass is 9.78. The maximum atomic E-state index is 13.1. The Bertz CT molecular complexity index is 2320. The number of ketones is 1. The van der Waals surface area contributed by atoms with E-state index >= 15 is 0 Å². The Hall–Kier alpha value is -5.78. The van der Waals surface area contributed by atoms with Gasteiger partial charge in [0.15, 0.2) is 23.0 Å². The molecule has 2 aromatic carbocycles. The monoisotopic (exact) mass is 1120 g/mol. The average Bonchev–Trinajstić information content (AvgIpc) is 3.83. The van der Waals surface area contributed by atoms with Gasteiger partial charge in [0.05, 0.1) is 74.5 Å². The lowest BCUT2D eigenvalue weighted by Crippen LogP contribution is -2.34. The summed E-state index contributed by atoms with van der Waals surface area (Å²) >= 11 is 0. The van der Waals surface area contributed by atoms with Gasteiger partial charge in [0, 0.05) is 69.0 Å². The Morgan fingerprint density at radius 3 is 1.60 bits per heavy atom. The van der Waals surface area contributed by atoms with Crippen LogP contribution in [0.2, 0.25) is 0 Å². The van der Waals surface area contributed by atoms with Crippen LogP contribution in [0.25, 0.3) is 20.9 Å². The van der Waals surface area contributed by atoms with Gasteiger partial charge < -0.3 is 44.0 Å². The topological polar surface area (TPSA) is 290 Å². The normalized spacial score (nSPS) is 16.4. The molecule has 19 heteroatoms. The first-order valence-corrected chi connectivity index (χ1v) is 28.4. The molecule has 1 aliphatic rings. The predicted molar refractivity (Wildman–Crippen MR) is 313 cm³/mol. The summed E-state index contributed by atoms with van der Waals surface area (Å²) in [5, 5.41) is 36.8. The van der Waals surface area contributed by atoms with Gasteiger partial charge in [-0.05, 0) is 155 Å². The highest BCUT2D eigenvalue weighted by atomic mass is 16.6. The number of nitrogens with two attached hydrogens (primary N) is 1. The fraction of sp³-hybridized carbons (Fsp3) is 0.738. The molecule has 3 N–H and O–H groups in total. The van der Waals surface area contributed by atoms with E-state index in [1.807, 2.05) is 91.8 Å². The van der Waals surface area contributed by atoms with Crippen molar-refractivity contribution in [3.63, 3.8) is 0 Å². The molecule has 1 fully saturated rings. The molecule has 0 saturated carbocycles. The molecule has 3 rings (SSSR count). The smallest absolute Gasteiger partial charge is 0.309 e. The number of carbonyl (C=O) groups excluding carboxylic acids is 2. The van der Waals surface area contributed by atoms with E-state index in [4.69, 9.17) is 44.2 Å². The molecule has 8 atom stereocenters. The second-order valence-corrected chi connectivity index (χ2v) is 23.7. The summed E-state index contributed by atoms with van der Waals surface area (Å²) in [5.74, 6) is 3.27. The van der Waals surface area contributed by atoms with E-state index in [1.54, 1.807) is 28.4 Å². The maximum Gasteiger partial charge on any atom is 0.309 e. The zero-order valence-corrected chi connectivity index (χ0v) is 51.3. The van der Waals surface area contributed by atoms with Crippen molar-refractivity contribution >= 4 is 11.8 Å². The van der Waals surface area contributed by atoms with Crippen LogP contribution >= 0.6 is 0 Å². The zero-order chi connectivity index (χ0) is 60.6. The number of benzene rings is 2. The molecule has 0 aromatic heterocycles. The third-order valence-electron chi connectivity index (χ3n) is 14.9. The highest BCUT2D eigenvalue weighted by Crippen LogP contribution is 2.37. The molecule has 0 spiro atoms. The molecular formula is C61H99N9O10. The molecule has 0 bridgehead atoms. The molecule has 0 radical (unpaired) electrons.